The number of alkyl halides is 3. The van der Waals surface area contributed by atoms with Crippen LogP contribution in [0.5, 0.6) is 0 Å². The largest absolute Gasteiger partial charge is 0.435 e. The maximum atomic E-state index is 14.5. The summed E-state index contributed by atoms with van der Waals surface area (Å²) in [4.78, 5) is 0. The molecule has 26 heavy (non-hydrogen) atoms. The van der Waals surface area contributed by atoms with Crippen LogP contribution < -0.4 is 5.32 Å². The second-order valence-corrected chi connectivity index (χ2v) is 6.21. The number of nitrogens with zero attached hydrogens (tertiary/aromatic N) is 3. The SMILES string of the molecule is Cn1ccc(Cl)c1CNc1ccc(-c2cc(C(F)(F)F)nn2C)c(F)c1. The molecule has 0 saturated heterocycles. The van der Waals surface area contributed by atoms with Crippen LogP contribution in [0.3, 0.4) is 0 Å². The molecule has 0 aliphatic rings. The van der Waals surface area contributed by atoms with E-state index in [2.05, 4.69) is 10.4 Å². The van der Waals surface area contributed by atoms with Gasteiger partial charge in [0, 0.05) is 31.5 Å². The van der Waals surface area contributed by atoms with Gasteiger partial charge in [0.1, 0.15) is 5.82 Å². The Morgan fingerprint density at radius 2 is 1.88 bits per heavy atom. The first-order valence-corrected chi connectivity index (χ1v) is 7.99. The fraction of sp³-hybridized carbons (Fsp3) is 0.235. The smallest absolute Gasteiger partial charge is 0.379 e. The van der Waals surface area contributed by atoms with Crippen LogP contribution >= 0.6 is 11.6 Å². The third-order valence-corrected chi connectivity index (χ3v) is 4.37. The van der Waals surface area contributed by atoms with E-state index < -0.39 is 17.7 Å². The van der Waals surface area contributed by atoms with Gasteiger partial charge in [-0.05, 0) is 30.3 Å². The molecule has 0 bridgehead atoms. The van der Waals surface area contributed by atoms with Crippen LogP contribution in [0, 0.1) is 5.82 Å². The molecule has 4 nitrogen and oxygen atoms in total. The summed E-state index contributed by atoms with van der Waals surface area (Å²) in [5.74, 6) is -0.648. The minimum absolute atomic E-state index is 0.0398. The molecule has 0 aliphatic carbocycles. The van der Waals surface area contributed by atoms with E-state index in [9.17, 15) is 17.6 Å². The molecular formula is C17H15ClF4N4. The molecule has 0 fully saturated rings. The van der Waals surface area contributed by atoms with Crippen LogP contribution in [0.25, 0.3) is 11.3 Å². The molecule has 2 aromatic heterocycles. The average molecular weight is 387 g/mol. The zero-order valence-electron chi connectivity index (χ0n) is 13.9. The fourth-order valence-corrected chi connectivity index (χ4v) is 2.87. The second-order valence-electron chi connectivity index (χ2n) is 5.81. The Hall–Kier alpha value is -2.48. The van der Waals surface area contributed by atoms with Gasteiger partial charge in [0.05, 0.1) is 23.0 Å². The Bertz CT molecular complexity index is 923. The third-order valence-electron chi connectivity index (χ3n) is 4.02. The summed E-state index contributed by atoms with van der Waals surface area (Å²) in [6, 6.07) is 6.82. The monoisotopic (exact) mass is 386 g/mol. The van der Waals surface area contributed by atoms with Crippen molar-refractivity contribution in [1.29, 1.82) is 0 Å². The van der Waals surface area contributed by atoms with Gasteiger partial charge < -0.3 is 9.88 Å². The Balaban J connectivity index is 1.83. The average Bonchev–Trinajstić information content (AvgIpc) is 3.09. The van der Waals surface area contributed by atoms with Crippen molar-refractivity contribution in [2.45, 2.75) is 12.7 Å². The van der Waals surface area contributed by atoms with Gasteiger partial charge in [-0.1, -0.05) is 11.6 Å². The molecule has 138 valence electrons. The van der Waals surface area contributed by atoms with E-state index in [0.717, 1.165) is 16.4 Å². The van der Waals surface area contributed by atoms with Gasteiger partial charge in [0.25, 0.3) is 0 Å². The lowest BCUT2D eigenvalue weighted by atomic mass is 10.1. The number of nitrogens with one attached hydrogen (secondary N) is 1. The highest BCUT2D eigenvalue weighted by molar-refractivity contribution is 6.31. The van der Waals surface area contributed by atoms with Crippen molar-refractivity contribution >= 4 is 17.3 Å². The van der Waals surface area contributed by atoms with Crippen molar-refractivity contribution in [2.24, 2.45) is 14.1 Å². The van der Waals surface area contributed by atoms with Crippen LogP contribution in [-0.4, -0.2) is 14.3 Å². The van der Waals surface area contributed by atoms with Crippen molar-refractivity contribution < 1.29 is 17.6 Å². The number of rotatable bonds is 4. The third kappa shape index (κ3) is 3.55. The van der Waals surface area contributed by atoms with E-state index in [1.54, 1.807) is 12.1 Å². The van der Waals surface area contributed by atoms with Gasteiger partial charge in [-0.25, -0.2) is 4.39 Å². The van der Waals surface area contributed by atoms with Crippen molar-refractivity contribution in [1.82, 2.24) is 14.3 Å². The summed E-state index contributed by atoms with van der Waals surface area (Å²) in [6.45, 7) is 0.380. The van der Waals surface area contributed by atoms with Gasteiger partial charge >= 0.3 is 6.18 Å². The quantitative estimate of drug-likeness (QED) is 0.650. The number of aryl methyl sites for hydroxylation is 2. The lowest BCUT2D eigenvalue weighted by Gasteiger charge is -2.10. The maximum absolute atomic E-state index is 14.5. The van der Waals surface area contributed by atoms with Crippen molar-refractivity contribution in [3.8, 4) is 11.3 Å². The van der Waals surface area contributed by atoms with Gasteiger partial charge in [0.15, 0.2) is 5.69 Å². The molecule has 1 aromatic carbocycles. The molecule has 3 rings (SSSR count). The van der Waals surface area contributed by atoms with E-state index >= 15 is 0 Å². The van der Waals surface area contributed by atoms with Gasteiger partial charge in [-0.15, -0.1) is 0 Å². The first-order chi connectivity index (χ1) is 12.2. The lowest BCUT2D eigenvalue weighted by molar-refractivity contribution is -0.141. The summed E-state index contributed by atoms with van der Waals surface area (Å²) < 4.78 is 55.6. The predicted molar refractivity (Wildman–Crippen MR) is 91.4 cm³/mol. The van der Waals surface area contributed by atoms with Crippen LogP contribution in [-0.2, 0) is 26.8 Å². The predicted octanol–water partition coefficient (Wildman–Crippen LogP) is 4.85. The Kier molecular flexibility index (Phi) is 4.70. The standard InChI is InChI=1S/C17H15ClF4N4/c1-25-6-5-12(18)15(25)9-23-10-3-4-11(13(19)7-10)14-8-16(17(20,21)22)24-26(14)2/h3-8,23H,9H2,1-2H3. The van der Waals surface area contributed by atoms with Crippen LogP contribution in [0.4, 0.5) is 23.2 Å². The minimum atomic E-state index is -4.58. The number of hydrogen-bond acceptors (Lipinski definition) is 2. The van der Waals surface area contributed by atoms with Gasteiger partial charge in [-0.3, -0.25) is 4.68 Å². The normalized spacial score (nSPS) is 11.8. The van der Waals surface area contributed by atoms with Crippen LogP contribution in [0.15, 0.2) is 36.5 Å². The molecule has 0 spiro atoms. The summed E-state index contributed by atoms with van der Waals surface area (Å²) in [5, 5.41) is 7.04. The summed E-state index contributed by atoms with van der Waals surface area (Å²) in [5.41, 5.74) is 0.346. The molecule has 9 heteroatoms. The zero-order chi connectivity index (χ0) is 19.1. The number of hydrogen-bond donors (Lipinski definition) is 1. The molecule has 0 unspecified atom stereocenters. The molecular weight excluding hydrogens is 372 g/mol. The Morgan fingerprint density at radius 1 is 1.15 bits per heavy atom. The van der Waals surface area contributed by atoms with E-state index in [1.807, 2.05) is 17.8 Å². The molecule has 2 heterocycles. The minimum Gasteiger partial charge on any atom is -0.379 e. The first-order valence-electron chi connectivity index (χ1n) is 7.61. The van der Waals surface area contributed by atoms with Crippen LogP contribution in [0.2, 0.25) is 5.02 Å². The molecule has 3 aromatic rings. The highest BCUT2D eigenvalue weighted by Crippen LogP contribution is 2.33. The highest BCUT2D eigenvalue weighted by Gasteiger charge is 2.35. The Labute approximate surface area is 152 Å². The van der Waals surface area contributed by atoms with Crippen molar-refractivity contribution in [3.05, 3.63) is 58.8 Å². The second kappa shape index (κ2) is 6.68. The number of benzene rings is 1. The van der Waals surface area contributed by atoms with Gasteiger partial charge in [0.2, 0.25) is 0 Å². The van der Waals surface area contributed by atoms with E-state index in [4.69, 9.17) is 11.6 Å². The molecule has 0 aliphatic heterocycles. The highest BCUT2D eigenvalue weighted by atomic mass is 35.5. The van der Waals surface area contributed by atoms with Crippen molar-refractivity contribution in [3.63, 3.8) is 0 Å². The molecule has 0 saturated carbocycles. The molecule has 0 radical (unpaired) electrons. The van der Waals surface area contributed by atoms with E-state index in [-0.39, 0.29) is 11.3 Å². The lowest BCUT2D eigenvalue weighted by Crippen LogP contribution is -2.06. The van der Waals surface area contributed by atoms with Crippen LogP contribution in [0.1, 0.15) is 11.4 Å². The van der Waals surface area contributed by atoms with E-state index in [1.165, 1.54) is 19.2 Å². The fourth-order valence-electron chi connectivity index (χ4n) is 2.62. The number of halogens is 5. The zero-order valence-corrected chi connectivity index (χ0v) is 14.7. The molecule has 0 atom stereocenters. The topological polar surface area (TPSA) is 34.8 Å². The number of aromatic nitrogens is 3. The Morgan fingerprint density at radius 3 is 2.42 bits per heavy atom. The maximum Gasteiger partial charge on any atom is 0.435 e. The summed E-state index contributed by atoms with van der Waals surface area (Å²) in [6.07, 6.45) is -2.77. The summed E-state index contributed by atoms with van der Waals surface area (Å²) >= 11 is 6.07. The summed E-state index contributed by atoms with van der Waals surface area (Å²) in [7, 11) is 3.18. The first kappa shape index (κ1) is 18.3. The van der Waals surface area contributed by atoms with Crippen molar-refractivity contribution in [2.75, 3.05) is 5.32 Å². The van der Waals surface area contributed by atoms with E-state index in [0.29, 0.717) is 17.3 Å². The molecule has 1 N–H and O–H groups in total. The molecule has 0 amide bonds. The van der Waals surface area contributed by atoms with Gasteiger partial charge in [-0.2, -0.15) is 18.3 Å². The number of anilines is 1.